The van der Waals surface area contributed by atoms with Gasteiger partial charge in [0, 0.05) is 42.0 Å². The van der Waals surface area contributed by atoms with Gasteiger partial charge in [-0.25, -0.2) is 0 Å². The van der Waals surface area contributed by atoms with Crippen LogP contribution in [-0.4, -0.2) is 18.0 Å². The van der Waals surface area contributed by atoms with Crippen molar-refractivity contribution in [1.82, 2.24) is 9.97 Å². The van der Waals surface area contributed by atoms with Gasteiger partial charge in [0.1, 0.15) is 13.7 Å². The van der Waals surface area contributed by atoms with Crippen LogP contribution >= 0.6 is 0 Å². The molecule has 0 unspecified atom stereocenters. The summed E-state index contributed by atoms with van der Waals surface area (Å²) in [4.78, 5) is 8.64. The number of pyridine rings is 2. The minimum absolute atomic E-state index is 0. The van der Waals surface area contributed by atoms with Gasteiger partial charge in [0.05, 0.1) is 5.58 Å². The second-order valence-electron chi connectivity index (χ2n) is 10.7. The van der Waals surface area contributed by atoms with Crippen LogP contribution in [0.25, 0.3) is 55.6 Å². The van der Waals surface area contributed by atoms with Gasteiger partial charge in [-0.3, -0.25) is 0 Å². The van der Waals surface area contributed by atoms with Crippen molar-refractivity contribution in [3.05, 3.63) is 133 Å². The summed E-state index contributed by atoms with van der Waals surface area (Å²) < 4.78 is 29.6. The average molecular weight is 740 g/mol. The first-order valence-corrected chi connectivity index (χ1v) is 16.6. The fraction of sp³-hybridized carbons (Fsp3) is 0.0811. The first kappa shape index (κ1) is 24.4. The van der Waals surface area contributed by atoms with Crippen molar-refractivity contribution in [2.24, 2.45) is 0 Å². The molecule has 1 aliphatic rings. The maximum atomic E-state index is 7.73. The summed E-state index contributed by atoms with van der Waals surface area (Å²) in [6.45, 7) is 2.61. The first-order valence-electron chi connectivity index (χ1n) is 15.1. The third-order valence-corrected chi connectivity index (χ3v) is 11.3. The van der Waals surface area contributed by atoms with Crippen molar-refractivity contribution < 1.29 is 28.6 Å². The quantitative estimate of drug-likeness (QED) is 0.133. The average Bonchev–Trinajstić information content (AvgIpc) is 3.53. The molecule has 0 atom stereocenters. The fourth-order valence-electron chi connectivity index (χ4n) is 5.77. The van der Waals surface area contributed by atoms with Crippen LogP contribution in [0.3, 0.4) is 0 Å². The van der Waals surface area contributed by atoms with E-state index in [2.05, 4.69) is 71.6 Å². The molecule has 0 bridgehead atoms. The normalized spacial score (nSPS) is 14.0. The van der Waals surface area contributed by atoms with E-state index in [0.717, 1.165) is 27.6 Å². The molecule has 0 spiro atoms. The maximum absolute atomic E-state index is 7.73. The monoisotopic (exact) mass is 740 g/mol. The Morgan fingerprint density at radius 1 is 0.714 bits per heavy atom. The van der Waals surface area contributed by atoms with E-state index in [0.29, 0.717) is 16.8 Å². The van der Waals surface area contributed by atoms with Crippen molar-refractivity contribution in [2.45, 2.75) is 19.9 Å². The molecule has 3 aromatic heterocycles. The van der Waals surface area contributed by atoms with E-state index >= 15 is 0 Å². The maximum Gasteiger partial charge on any atom is 0.121 e. The SMILES string of the molecule is [2H]C([2H])([2H])c1ccnc(-c2[c-]ccc3c2oc2cc4c(cc23)[Si](C)(C)c2ccccc2-4)c1.[Ir].[c-]1ccccc1-c1ccccn1. The molecule has 1 aliphatic heterocycles. The van der Waals surface area contributed by atoms with Crippen LogP contribution in [-0.2, 0) is 20.1 Å². The molecule has 42 heavy (non-hydrogen) atoms. The first-order chi connectivity index (χ1) is 21.2. The summed E-state index contributed by atoms with van der Waals surface area (Å²) in [5, 5.41) is 4.96. The Balaban J connectivity index is 0.000000231. The Kier molecular flexibility index (Phi) is 6.55. The van der Waals surface area contributed by atoms with Crippen LogP contribution in [0, 0.1) is 19.0 Å². The fourth-order valence-corrected chi connectivity index (χ4v) is 8.85. The predicted molar refractivity (Wildman–Crippen MR) is 171 cm³/mol. The standard InChI is InChI=1S/C26H20NOSi.C11H8N.Ir/c1-16-11-12-27-22(13-16)19-9-6-8-18-20-15-25-21(14-23(20)28-26(18)19)17-7-4-5-10-24(17)29(25,2)3;1-2-6-10(7-3-1)11-8-4-5-9-12-11;/h4-8,10-15H,1-3H3;1-6,8-9H;/q2*-1;/i1D3;;. The van der Waals surface area contributed by atoms with Crippen molar-refractivity contribution >= 4 is 40.4 Å². The molecule has 0 saturated carbocycles. The third-order valence-electron chi connectivity index (χ3n) is 7.80. The smallest absolute Gasteiger partial charge is 0.121 e. The topological polar surface area (TPSA) is 38.9 Å². The van der Waals surface area contributed by atoms with Crippen LogP contribution in [0.15, 0.2) is 120 Å². The summed E-state index contributed by atoms with van der Waals surface area (Å²) in [5.74, 6) is 0. The summed E-state index contributed by atoms with van der Waals surface area (Å²) in [6.07, 6.45) is 3.32. The van der Waals surface area contributed by atoms with Crippen molar-refractivity contribution in [3.8, 4) is 33.6 Å². The Hall–Kier alpha value is -4.15. The number of furan rings is 1. The summed E-state index contributed by atoms with van der Waals surface area (Å²) in [6, 6.07) is 40.2. The zero-order valence-electron chi connectivity index (χ0n) is 26.1. The van der Waals surface area contributed by atoms with Gasteiger partial charge in [-0.2, -0.15) is 0 Å². The van der Waals surface area contributed by atoms with Gasteiger partial charge in [-0.05, 0) is 57.9 Å². The van der Waals surface area contributed by atoms with E-state index in [1.807, 2.05) is 54.6 Å². The number of hydrogen-bond donors (Lipinski definition) is 0. The number of aromatic nitrogens is 2. The van der Waals surface area contributed by atoms with E-state index in [4.69, 9.17) is 8.53 Å². The molecule has 0 aliphatic carbocycles. The molecular weight excluding hydrogens is 709 g/mol. The number of aryl methyl sites for hydroxylation is 1. The Bertz CT molecular complexity index is 2110. The van der Waals surface area contributed by atoms with Gasteiger partial charge in [-0.15, -0.1) is 54.1 Å². The van der Waals surface area contributed by atoms with Gasteiger partial charge in [0.25, 0.3) is 0 Å². The van der Waals surface area contributed by atoms with Crippen LogP contribution in [0.2, 0.25) is 13.1 Å². The van der Waals surface area contributed by atoms with E-state index in [-0.39, 0.29) is 25.7 Å². The number of nitrogens with zero attached hydrogens (tertiary/aromatic N) is 2. The van der Waals surface area contributed by atoms with Crippen LogP contribution in [0.1, 0.15) is 9.68 Å². The van der Waals surface area contributed by atoms with Crippen LogP contribution in [0.4, 0.5) is 0 Å². The molecule has 0 amide bonds. The van der Waals surface area contributed by atoms with Crippen molar-refractivity contribution in [3.63, 3.8) is 0 Å². The molecule has 5 heteroatoms. The molecule has 1 radical (unpaired) electrons. The molecule has 4 aromatic carbocycles. The van der Waals surface area contributed by atoms with Gasteiger partial charge < -0.3 is 14.4 Å². The van der Waals surface area contributed by atoms with Gasteiger partial charge in [0.15, 0.2) is 0 Å². The predicted octanol–water partition coefficient (Wildman–Crippen LogP) is 8.11. The zero-order valence-corrected chi connectivity index (χ0v) is 26.5. The van der Waals surface area contributed by atoms with Gasteiger partial charge in [0.2, 0.25) is 0 Å². The zero-order chi connectivity index (χ0) is 30.5. The molecule has 207 valence electrons. The molecular formula is C37H28IrN2OSi-2. The Labute approximate surface area is 264 Å². The summed E-state index contributed by atoms with van der Waals surface area (Å²) in [7, 11) is -1.79. The van der Waals surface area contributed by atoms with E-state index in [1.54, 1.807) is 12.3 Å². The van der Waals surface area contributed by atoms with Gasteiger partial charge in [-0.1, -0.05) is 78.1 Å². The second-order valence-corrected chi connectivity index (χ2v) is 15.0. The molecule has 7 aromatic rings. The minimum Gasteiger partial charge on any atom is -0.501 e. The van der Waals surface area contributed by atoms with Crippen LogP contribution in [0.5, 0.6) is 0 Å². The molecule has 0 N–H and O–H groups in total. The number of rotatable bonds is 2. The number of benzene rings is 4. The molecule has 4 heterocycles. The largest absolute Gasteiger partial charge is 0.501 e. The van der Waals surface area contributed by atoms with Crippen LogP contribution < -0.4 is 10.4 Å². The summed E-state index contributed by atoms with van der Waals surface area (Å²) in [5.41, 5.74) is 7.58. The number of hydrogen-bond acceptors (Lipinski definition) is 3. The summed E-state index contributed by atoms with van der Waals surface area (Å²) >= 11 is 0. The third kappa shape index (κ3) is 4.84. The minimum atomic E-state index is -2.19. The molecule has 8 rings (SSSR count). The Morgan fingerprint density at radius 3 is 2.36 bits per heavy atom. The molecule has 0 saturated heterocycles. The Morgan fingerprint density at radius 2 is 1.55 bits per heavy atom. The van der Waals surface area contributed by atoms with E-state index in [9.17, 15) is 0 Å². The van der Waals surface area contributed by atoms with E-state index < -0.39 is 14.9 Å². The second kappa shape index (κ2) is 11.3. The molecule has 0 fully saturated rings. The number of fused-ring (bicyclic) bond motifs is 6. The van der Waals surface area contributed by atoms with Gasteiger partial charge >= 0.3 is 0 Å². The van der Waals surface area contributed by atoms with Crippen molar-refractivity contribution in [2.75, 3.05) is 0 Å². The van der Waals surface area contributed by atoms with Crippen molar-refractivity contribution in [1.29, 1.82) is 0 Å². The van der Waals surface area contributed by atoms with E-state index in [1.165, 1.54) is 33.8 Å². The molecule has 3 nitrogen and oxygen atoms in total.